The number of amides is 2. The molecule has 0 aromatic heterocycles. The average Bonchev–Trinajstić information content (AvgIpc) is 2.80. The molecule has 7 nitrogen and oxygen atoms in total. The number of halogens is 2. The van der Waals surface area contributed by atoms with E-state index < -0.39 is 0 Å². The molecule has 0 heterocycles. The predicted molar refractivity (Wildman–Crippen MR) is 132 cm³/mol. The van der Waals surface area contributed by atoms with Crippen LogP contribution in [0.15, 0.2) is 66.7 Å². The number of carbonyl (C=O) groups excluding carboxylic acids is 2. The lowest BCUT2D eigenvalue weighted by Crippen LogP contribution is -2.20. The summed E-state index contributed by atoms with van der Waals surface area (Å²) in [6.45, 7) is -0.243. The number of nitrogens with two attached hydrogens (primary N) is 1. The number of nitrogens with one attached hydrogen (secondary N) is 2. The van der Waals surface area contributed by atoms with Crippen LogP contribution in [0.2, 0.25) is 10.0 Å². The molecule has 0 aliphatic carbocycles. The first-order valence-corrected chi connectivity index (χ1v) is 10.5. The van der Waals surface area contributed by atoms with Crippen LogP contribution in [0.1, 0.15) is 5.56 Å². The van der Waals surface area contributed by atoms with E-state index in [4.69, 9.17) is 38.4 Å². The number of nitrogen functional groups attached to an aromatic ring is 1. The van der Waals surface area contributed by atoms with Crippen molar-refractivity contribution in [3.8, 4) is 11.5 Å². The fourth-order valence-electron chi connectivity index (χ4n) is 2.78. The summed E-state index contributed by atoms with van der Waals surface area (Å²) < 4.78 is 10.9. The zero-order valence-electron chi connectivity index (χ0n) is 17.6. The molecular weight excluding hydrogens is 465 g/mol. The third-order valence-corrected chi connectivity index (χ3v) is 5.13. The van der Waals surface area contributed by atoms with Crippen molar-refractivity contribution in [1.29, 1.82) is 0 Å². The summed E-state index contributed by atoms with van der Waals surface area (Å²) in [5.41, 5.74) is 8.04. The van der Waals surface area contributed by atoms with Crippen LogP contribution in [0, 0.1) is 0 Å². The molecule has 0 bridgehead atoms. The van der Waals surface area contributed by atoms with Gasteiger partial charge < -0.3 is 25.8 Å². The number of carbonyl (C=O) groups is 2. The van der Waals surface area contributed by atoms with E-state index in [-0.39, 0.29) is 18.4 Å². The van der Waals surface area contributed by atoms with Crippen LogP contribution in [0.25, 0.3) is 6.08 Å². The zero-order chi connectivity index (χ0) is 23.8. The first kappa shape index (κ1) is 24.0. The van der Waals surface area contributed by atoms with Crippen molar-refractivity contribution in [3.05, 3.63) is 82.3 Å². The van der Waals surface area contributed by atoms with Gasteiger partial charge in [0.25, 0.3) is 5.91 Å². The van der Waals surface area contributed by atoms with Gasteiger partial charge in [0.05, 0.1) is 28.5 Å². The summed E-state index contributed by atoms with van der Waals surface area (Å²) in [6.07, 6.45) is 3.00. The van der Waals surface area contributed by atoms with E-state index >= 15 is 0 Å². The molecule has 0 atom stereocenters. The van der Waals surface area contributed by atoms with Crippen LogP contribution in [-0.4, -0.2) is 25.5 Å². The van der Waals surface area contributed by atoms with Crippen molar-refractivity contribution in [2.75, 3.05) is 30.1 Å². The number of anilines is 3. The lowest BCUT2D eigenvalue weighted by atomic mass is 10.2. The Labute approximate surface area is 201 Å². The van der Waals surface area contributed by atoms with Gasteiger partial charge in [-0.2, -0.15) is 0 Å². The first-order valence-electron chi connectivity index (χ1n) is 9.75. The topological polar surface area (TPSA) is 103 Å². The van der Waals surface area contributed by atoms with Crippen molar-refractivity contribution < 1.29 is 19.1 Å². The predicted octanol–water partition coefficient (Wildman–Crippen LogP) is 5.25. The molecule has 9 heteroatoms. The second-order valence-corrected chi connectivity index (χ2v) is 7.60. The van der Waals surface area contributed by atoms with E-state index in [0.717, 1.165) is 0 Å². The molecule has 0 aliphatic rings. The highest BCUT2D eigenvalue weighted by molar-refractivity contribution is 6.42. The average molecular weight is 486 g/mol. The zero-order valence-corrected chi connectivity index (χ0v) is 19.1. The van der Waals surface area contributed by atoms with Crippen LogP contribution < -0.4 is 25.8 Å². The number of ether oxygens (including phenoxy) is 2. The second-order valence-electron chi connectivity index (χ2n) is 6.79. The second kappa shape index (κ2) is 11.3. The number of benzene rings is 3. The van der Waals surface area contributed by atoms with Gasteiger partial charge in [-0.25, -0.2) is 0 Å². The Morgan fingerprint density at radius 2 is 1.76 bits per heavy atom. The third kappa shape index (κ3) is 6.90. The molecule has 0 radical (unpaired) electrons. The lowest BCUT2D eigenvalue weighted by Gasteiger charge is -2.12. The van der Waals surface area contributed by atoms with E-state index in [1.54, 1.807) is 66.7 Å². The van der Waals surface area contributed by atoms with Crippen molar-refractivity contribution in [1.82, 2.24) is 0 Å². The van der Waals surface area contributed by atoms with E-state index in [0.29, 0.717) is 44.2 Å². The number of rotatable bonds is 8. The van der Waals surface area contributed by atoms with Gasteiger partial charge in [-0.3, -0.25) is 9.59 Å². The number of para-hydroxylation sites is 2. The Balaban J connectivity index is 1.59. The molecule has 0 saturated carbocycles. The van der Waals surface area contributed by atoms with E-state index in [1.807, 2.05) is 0 Å². The van der Waals surface area contributed by atoms with Gasteiger partial charge in [-0.05, 0) is 54.1 Å². The van der Waals surface area contributed by atoms with Crippen molar-refractivity contribution in [2.24, 2.45) is 0 Å². The van der Waals surface area contributed by atoms with Crippen LogP contribution >= 0.6 is 23.2 Å². The monoisotopic (exact) mass is 485 g/mol. The molecule has 2 amide bonds. The Bertz CT molecular complexity index is 1200. The van der Waals surface area contributed by atoms with E-state index in [9.17, 15) is 9.59 Å². The summed E-state index contributed by atoms with van der Waals surface area (Å²) in [4.78, 5) is 24.3. The number of hydrogen-bond donors (Lipinski definition) is 3. The van der Waals surface area contributed by atoms with Gasteiger partial charge in [0.1, 0.15) is 0 Å². The molecular formula is C24H21Cl2N3O4. The Kier molecular flexibility index (Phi) is 8.18. The number of hydrogen-bond acceptors (Lipinski definition) is 5. The van der Waals surface area contributed by atoms with Crippen LogP contribution in [0.4, 0.5) is 17.1 Å². The first-order chi connectivity index (χ1) is 15.9. The maximum atomic E-state index is 12.2. The SMILES string of the molecule is COc1cc(/C=C/C(=O)Nc2ccccc2N)ccc1OCC(=O)Nc1ccc(Cl)c(Cl)c1. The molecule has 3 aromatic rings. The van der Waals surface area contributed by atoms with Crippen molar-refractivity contribution >= 4 is 58.2 Å². The van der Waals surface area contributed by atoms with Gasteiger partial charge in [0.15, 0.2) is 18.1 Å². The fraction of sp³-hybridized carbons (Fsp3) is 0.0833. The summed E-state index contributed by atoms with van der Waals surface area (Å²) in [5, 5.41) is 6.12. The summed E-state index contributed by atoms with van der Waals surface area (Å²) in [5.74, 6) is 0.0788. The Morgan fingerprint density at radius 3 is 2.48 bits per heavy atom. The Morgan fingerprint density at radius 1 is 0.970 bits per heavy atom. The highest BCUT2D eigenvalue weighted by atomic mass is 35.5. The molecule has 170 valence electrons. The van der Waals surface area contributed by atoms with E-state index in [2.05, 4.69) is 10.6 Å². The fourth-order valence-corrected chi connectivity index (χ4v) is 3.08. The highest BCUT2D eigenvalue weighted by Gasteiger charge is 2.10. The van der Waals surface area contributed by atoms with Gasteiger partial charge in [-0.15, -0.1) is 0 Å². The summed E-state index contributed by atoms with van der Waals surface area (Å²) in [6, 6.07) is 16.8. The van der Waals surface area contributed by atoms with Crippen LogP contribution in [-0.2, 0) is 9.59 Å². The van der Waals surface area contributed by atoms with Crippen LogP contribution in [0.3, 0.4) is 0 Å². The lowest BCUT2D eigenvalue weighted by molar-refractivity contribution is -0.118. The third-order valence-electron chi connectivity index (χ3n) is 4.40. The number of methoxy groups -OCH3 is 1. The maximum Gasteiger partial charge on any atom is 0.262 e. The van der Waals surface area contributed by atoms with E-state index in [1.165, 1.54) is 13.2 Å². The normalized spacial score (nSPS) is 10.6. The Hall–Kier alpha value is -3.68. The quantitative estimate of drug-likeness (QED) is 0.298. The molecule has 0 fully saturated rings. The molecule has 0 spiro atoms. The molecule has 0 unspecified atom stereocenters. The minimum atomic E-state index is -0.378. The standard InChI is InChI=1S/C24H21Cl2N3O4/c1-32-22-12-15(7-11-23(30)29-20-5-3-2-4-19(20)27)6-10-21(22)33-14-24(31)28-16-8-9-17(25)18(26)13-16/h2-13H,14,27H2,1H3,(H,28,31)(H,29,30)/b11-7+. The van der Waals surface area contributed by atoms with Gasteiger partial charge in [-0.1, -0.05) is 41.4 Å². The smallest absolute Gasteiger partial charge is 0.262 e. The molecule has 4 N–H and O–H groups in total. The minimum absolute atomic E-state index is 0.243. The van der Waals surface area contributed by atoms with Gasteiger partial charge in [0, 0.05) is 11.8 Å². The van der Waals surface area contributed by atoms with Crippen molar-refractivity contribution in [2.45, 2.75) is 0 Å². The van der Waals surface area contributed by atoms with Crippen LogP contribution in [0.5, 0.6) is 11.5 Å². The molecule has 33 heavy (non-hydrogen) atoms. The van der Waals surface area contributed by atoms with Gasteiger partial charge >= 0.3 is 0 Å². The molecule has 3 rings (SSSR count). The highest BCUT2D eigenvalue weighted by Crippen LogP contribution is 2.29. The molecule has 3 aromatic carbocycles. The summed E-state index contributed by atoms with van der Waals surface area (Å²) in [7, 11) is 1.48. The van der Waals surface area contributed by atoms with Gasteiger partial charge in [0.2, 0.25) is 5.91 Å². The van der Waals surface area contributed by atoms with Crippen molar-refractivity contribution in [3.63, 3.8) is 0 Å². The minimum Gasteiger partial charge on any atom is -0.493 e. The largest absolute Gasteiger partial charge is 0.493 e. The molecule has 0 saturated heterocycles. The maximum absolute atomic E-state index is 12.2. The summed E-state index contributed by atoms with van der Waals surface area (Å²) >= 11 is 11.8. The molecule has 0 aliphatic heterocycles.